The Labute approximate surface area is 109 Å². The van der Waals surface area contributed by atoms with Crippen molar-refractivity contribution in [3.63, 3.8) is 0 Å². The van der Waals surface area contributed by atoms with Crippen molar-refractivity contribution in [2.45, 2.75) is 18.9 Å². The van der Waals surface area contributed by atoms with Crippen molar-refractivity contribution in [1.29, 1.82) is 0 Å². The van der Waals surface area contributed by atoms with Gasteiger partial charge < -0.3 is 9.47 Å². The van der Waals surface area contributed by atoms with Crippen molar-refractivity contribution in [3.8, 4) is 17.0 Å². The average molecular weight is 263 g/mol. The molecule has 3 rings (SSSR count). The summed E-state index contributed by atoms with van der Waals surface area (Å²) >= 11 is 0. The molecule has 0 bridgehead atoms. The number of hydrogen-bond acceptors (Lipinski definition) is 4. The second-order valence-electron chi connectivity index (χ2n) is 4.43. The number of hydrogen-bond donors (Lipinski definition) is 1. The molecular weight excluding hydrogens is 249 g/mol. The molecule has 1 aliphatic rings. The first-order valence-electron chi connectivity index (χ1n) is 6.23. The molecule has 0 amide bonds. The Morgan fingerprint density at radius 2 is 2.16 bits per heavy atom. The monoisotopic (exact) mass is 263 g/mol. The molecule has 5 nitrogen and oxygen atoms in total. The first kappa shape index (κ1) is 12.1. The summed E-state index contributed by atoms with van der Waals surface area (Å²) in [5, 5.41) is 10.1. The molecule has 1 saturated heterocycles. The maximum atomic E-state index is 14.0. The van der Waals surface area contributed by atoms with Crippen LogP contribution in [0.15, 0.2) is 24.4 Å². The molecule has 1 aromatic heterocycles. The zero-order valence-corrected chi connectivity index (χ0v) is 10.3. The lowest BCUT2D eigenvalue weighted by atomic mass is 10.1. The van der Waals surface area contributed by atoms with E-state index in [0.29, 0.717) is 24.5 Å². The van der Waals surface area contributed by atoms with Crippen LogP contribution < -0.4 is 4.74 Å². The zero-order chi connectivity index (χ0) is 13.1. The van der Waals surface area contributed by atoms with E-state index in [1.165, 1.54) is 6.07 Å². The van der Waals surface area contributed by atoms with Crippen LogP contribution in [0.25, 0.3) is 11.3 Å². The number of H-pyrrole nitrogens is 1. The highest BCUT2D eigenvalue weighted by Gasteiger charge is 2.17. The predicted molar refractivity (Wildman–Crippen MR) is 66.2 cm³/mol. The fourth-order valence-electron chi connectivity index (χ4n) is 2.07. The molecule has 0 saturated carbocycles. The highest BCUT2D eigenvalue weighted by atomic mass is 19.1. The average Bonchev–Trinajstić information content (AvgIpc) is 2.96. The van der Waals surface area contributed by atoms with Crippen LogP contribution >= 0.6 is 0 Å². The van der Waals surface area contributed by atoms with Gasteiger partial charge in [0.15, 0.2) is 11.6 Å². The van der Waals surface area contributed by atoms with Gasteiger partial charge in [-0.3, -0.25) is 0 Å². The Balaban J connectivity index is 1.76. The summed E-state index contributed by atoms with van der Waals surface area (Å²) in [7, 11) is 0. The minimum absolute atomic E-state index is 0.0288. The molecule has 1 fully saturated rings. The Hall–Kier alpha value is -1.95. The fraction of sp³-hybridized carbons (Fsp3) is 0.385. The van der Waals surface area contributed by atoms with E-state index in [4.69, 9.17) is 9.47 Å². The van der Waals surface area contributed by atoms with Crippen molar-refractivity contribution in [2.75, 3.05) is 13.2 Å². The first-order chi connectivity index (χ1) is 9.33. The topological polar surface area (TPSA) is 60.0 Å². The third-order valence-corrected chi connectivity index (χ3v) is 3.10. The number of aromatic nitrogens is 3. The predicted octanol–water partition coefficient (Wildman–Crippen LogP) is 2.17. The van der Waals surface area contributed by atoms with Crippen LogP contribution in [-0.4, -0.2) is 34.7 Å². The number of halogens is 1. The van der Waals surface area contributed by atoms with E-state index in [1.54, 1.807) is 18.3 Å². The van der Waals surface area contributed by atoms with E-state index in [-0.39, 0.29) is 17.7 Å². The molecule has 0 radical (unpaired) electrons. The maximum Gasteiger partial charge on any atom is 0.165 e. The SMILES string of the molecule is Fc1cc(-c2cn[nH]n2)ccc1OC1CCOCC1. The van der Waals surface area contributed by atoms with Crippen LogP contribution in [0.5, 0.6) is 5.75 Å². The molecule has 100 valence electrons. The molecule has 19 heavy (non-hydrogen) atoms. The molecule has 0 aliphatic carbocycles. The molecule has 6 heteroatoms. The smallest absolute Gasteiger partial charge is 0.165 e. The van der Waals surface area contributed by atoms with Gasteiger partial charge in [0.2, 0.25) is 0 Å². The van der Waals surface area contributed by atoms with Gasteiger partial charge in [0.1, 0.15) is 11.8 Å². The third kappa shape index (κ3) is 2.73. The molecule has 1 aromatic carbocycles. The van der Waals surface area contributed by atoms with Gasteiger partial charge in [-0.2, -0.15) is 15.4 Å². The Morgan fingerprint density at radius 3 is 2.84 bits per heavy atom. The van der Waals surface area contributed by atoms with Crippen molar-refractivity contribution in [2.24, 2.45) is 0 Å². The lowest BCUT2D eigenvalue weighted by Crippen LogP contribution is -2.26. The molecule has 1 N–H and O–H groups in total. The molecule has 2 heterocycles. The second-order valence-corrected chi connectivity index (χ2v) is 4.43. The lowest BCUT2D eigenvalue weighted by molar-refractivity contribution is 0.0240. The normalized spacial score (nSPS) is 16.5. The summed E-state index contributed by atoms with van der Waals surface area (Å²) in [5.41, 5.74) is 1.28. The third-order valence-electron chi connectivity index (χ3n) is 3.10. The number of nitrogens with one attached hydrogen (secondary N) is 1. The van der Waals surface area contributed by atoms with Crippen molar-refractivity contribution < 1.29 is 13.9 Å². The number of benzene rings is 1. The number of ether oxygens (including phenoxy) is 2. The van der Waals surface area contributed by atoms with E-state index < -0.39 is 0 Å². The van der Waals surface area contributed by atoms with Crippen LogP contribution in [0.2, 0.25) is 0 Å². The number of aromatic amines is 1. The van der Waals surface area contributed by atoms with Crippen LogP contribution in [0.1, 0.15) is 12.8 Å². The molecular formula is C13H14FN3O2. The van der Waals surface area contributed by atoms with Crippen LogP contribution in [0.3, 0.4) is 0 Å². The van der Waals surface area contributed by atoms with E-state index in [0.717, 1.165) is 12.8 Å². The van der Waals surface area contributed by atoms with E-state index in [2.05, 4.69) is 15.4 Å². The summed E-state index contributed by atoms with van der Waals surface area (Å²) in [6.45, 7) is 1.34. The summed E-state index contributed by atoms with van der Waals surface area (Å²) in [4.78, 5) is 0. The highest BCUT2D eigenvalue weighted by Crippen LogP contribution is 2.26. The fourth-order valence-corrected chi connectivity index (χ4v) is 2.07. The molecule has 2 aromatic rings. The Morgan fingerprint density at radius 1 is 1.32 bits per heavy atom. The van der Waals surface area contributed by atoms with E-state index in [9.17, 15) is 4.39 Å². The van der Waals surface area contributed by atoms with Gasteiger partial charge in [0.25, 0.3) is 0 Å². The zero-order valence-electron chi connectivity index (χ0n) is 10.3. The number of nitrogens with zero attached hydrogens (tertiary/aromatic N) is 2. The van der Waals surface area contributed by atoms with E-state index in [1.807, 2.05) is 0 Å². The summed E-state index contributed by atoms with van der Waals surface area (Å²) < 4.78 is 24.9. The minimum atomic E-state index is -0.382. The summed E-state index contributed by atoms with van der Waals surface area (Å²) in [6.07, 6.45) is 3.17. The largest absolute Gasteiger partial charge is 0.487 e. The van der Waals surface area contributed by atoms with Crippen molar-refractivity contribution >= 4 is 0 Å². The molecule has 0 unspecified atom stereocenters. The molecule has 0 spiro atoms. The second kappa shape index (κ2) is 5.36. The van der Waals surface area contributed by atoms with Gasteiger partial charge in [-0.15, -0.1) is 0 Å². The quantitative estimate of drug-likeness (QED) is 0.922. The first-order valence-corrected chi connectivity index (χ1v) is 6.23. The maximum absolute atomic E-state index is 14.0. The van der Waals surface area contributed by atoms with Gasteiger partial charge in [0.05, 0.1) is 19.4 Å². The highest BCUT2D eigenvalue weighted by molar-refractivity contribution is 5.58. The molecule has 1 aliphatic heterocycles. The standard InChI is InChI=1S/C13H14FN3O2/c14-11-7-9(12-8-15-17-16-12)1-2-13(11)19-10-3-5-18-6-4-10/h1-2,7-8,10H,3-6H2,(H,15,16,17). The van der Waals surface area contributed by atoms with Crippen LogP contribution in [0.4, 0.5) is 4.39 Å². The molecule has 0 atom stereocenters. The van der Waals surface area contributed by atoms with E-state index >= 15 is 0 Å². The number of rotatable bonds is 3. The van der Waals surface area contributed by atoms with Crippen LogP contribution in [0, 0.1) is 5.82 Å². The Bertz CT molecular complexity index is 539. The summed E-state index contributed by atoms with van der Waals surface area (Å²) in [5.74, 6) is -0.105. The minimum Gasteiger partial charge on any atom is -0.487 e. The van der Waals surface area contributed by atoms with Crippen molar-refractivity contribution in [3.05, 3.63) is 30.2 Å². The summed E-state index contributed by atoms with van der Waals surface area (Å²) in [6, 6.07) is 4.82. The van der Waals surface area contributed by atoms with Gasteiger partial charge in [-0.05, 0) is 18.2 Å². The lowest BCUT2D eigenvalue weighted by Gasteiger charge is -2.23. The van der Waals surface area contributed by atoms with Crippen LogP contribution in [-0.2, 0) is 4.74 Å². The van der Waals surface area contributed by atoms with Gasteiger partial charge >= 0.3 is 0 Å². The van der Waals surface area contributed by atoms with Crippen molar-refractivity contribution in [1.82, 2.24) is 15.4 Å². The van der Waals surface area contributed by atoms with Gasteiger partial charge in [0, 0.05) is 18.4 Å². The van der Waals surface area contributed by atoms with Gasteiger partial charge in [-0.25, -0.2) is 4.39 Å². The Kier molecular flexibility index (Phi) is 3.41. The van der Waals surface area contributed by atoms with Gasteiger partial charge in [-0.1, -0.05) is 0 Å².